The Kier molecular flexibility index (Phi) is 5.49. The van der Waals surface area contributed by atoms with Crippen LogP contribution in [-0.4, -0.2) is 19.3 Å². The fourth-order valence-electron chi connectivity index (χ4n) is 1.00. The molecule has 0 atom stereocenters. The first kappa shape index (κ1) is 13.8. The van der Waals surface area contributed by atoms with Gasteiger partial charge < -0.3 is 5.32 Å². The Bertz CT molecular complexity index is 128. The van der Waals surface area contributed by atoms with Crippen LogP contribution in [0.15, 0.2) is 0 Å². The monoisotopic (exact) mass is 211 g/mol. The van der Waals surface area contributed by atoms with Crippen LogP contribution in [0, 0.1) is 5.41 Å². The molecule has 14 heavy (non-hydrogen) atoms. The molecule has 0 saturated carbocycles. The highest BCUT2D eigenvalue weighted by molar-refractivity contribution is 4.63. The molecule has 0 aromatic heterocycles. The Morgan fingerprint density at radius 1 is 0.929 bits per heavy atom. The lowest BCUT2D eigenvalue weighted by Crippen LogP contribution is -2.22. The maximum Gasteiger partial charge on any atom is 0.389 e. The van der Waals surface area contributed by atoms with E-state index < -0.39 is 12.6 Å². The van der Waals surface area contributed by atoms with Gasteiger partial charge in [0.1, 0.15) is 0 Å². The highest BCUT2D eigenvalue weighted by atomic mass is 19.4. The lowest BCUT2D eigenvalue weighted by molar-refractivity contribution is -0.135. The number of hydrogen-bond acceptors (Lipinski definition) is 1. The predicted molar refractivity (Wildman–Crippen MR) is 52.2 cm³/mol. The van der Waals surface area contributed by atoms with Crippen molar-refractivity contribution < 1.29 is 13.2 Å². The molecule has 1 N–H and O–H groups in total. The molecule has 86 valence electrons. The molecule has 0 aliphatic heterocycles. The Morgan fingerprint density at radius 3 is 1.93 bits per heavy atom. The standard InChI is InChI=1S/C10H20F3N/c1-9(2,3)6-8-14-7-4-5-10(11,12)13/h14H,4-8H2,1-3H3. The van der Waals surface area contributed by atoms with E-state index in [1.165, 1.54) is 0 Å². The Labute approximate surface area is 84.1 Å². The van der Waals surface area contributed by atoms with Gasteiger partial charge in [0, 0.05) is 6.42 Å². The molecule has 0 fully saturated rings. The highest BCUT2D eigenvalue weighted by Crippen LogP contribution is 2.21. The first-order chi connectivity index (χ1) is 6.21. The van der Waals surface area contributed by atoms with Crippen LogP contribution in [0.1, 0.15) is 40.0 Å². The predicted octanol–water partition coefficient (Wildman–Crippen LogP) is 3.35. The van der Waals surface area contributed by atoms with E-state index in [1.807, 2.05) is 0 Å². The Morgan fingerprint density at radius 2 is 1.50 bits per heavy atom. The van der Waals surface area contributed by atoms with E-state index in [-0.39, 0.29) is 11.8 Å². The molecule has 1 nitrogen and oxygen atoms in total. The molecule has 0 rings (SSSR count). The molecule has 4 heteroatoms. The summed E-state index contributed by atoms with van der Waals surface area (Å²) in [6.45, 7) is 7.59. The zero-order valence-corrected chi connectivity index (χ0v) is 9.17. The van der Waals surface area contributed by atoms with Gasteiger partial charge in [-0.25, -0.2) is 0 Å². The topological polar surface area (TPSA) is 12.0 Å². The highest BCUT2D eigenvalue weighted by Gasteiger charge is 2.25. The van der Waals surface area contributed by atoms with Crippen LogP contribution < -0.4 is 5.32 Å². The van der Waals surface area contributed by atoms with Crippen LogP contribution in [0.3, 0.4) is 0 Å². The van der Waals surface area contributed by atoms with Crippen molar-refractivity contribution in [3.8, 4) is 0 Å². The molecular formula is C10H20F3N. The summed E-state index contributed by atoms with van der Waals surface area (Å²) in [5.74, 6) is 0. The maximum atomic E-state index is 11.7. The quantitative estimate of drug-likeness (QED) is 0.687. The second kappa shape index (κ2) is 5.59. The van der Waals surface area contributed by atoms with E-state index in [1.54, 1.807) is 0 Å². The van der Waals surface area contributed by atoms with E-state index in [4.69, 9.17) is 0 Å². The summed E-state index contributed by atoms with van der Waals surface area (Å²) in [7, 11) is 0. The SMILES string of the molecule is CC(C)(C)CCNCCCC(F)(F)F. The summed E-state index contributed by atoms with van der Waals surface area (Å²) < 4.78 is 35.2. The zero-order chi connectivity index (χ0) is 11.2. The van der Waals surface area contributed by atoms with Crippen molar-refractivity contribution in [2.45, 2.75) is 46.2 Å². The lowest BCUT2D eigenvalue weighted by atomic mass is 9.92. The van der Waals surface area contributed by atoms with Gasteiger partial charge in [0.15, 0.2) is 0 Å². The van der Waals surface area contributed by atoms with E-state index in [2.05, 4.69) is 26.1 Å². The van der Waals surface area contributed by atoms with Crippen LogP contribution in [0.2, 0.25) is 0 Å². The molecule has 0 bridgehead atoms. The third-order valence-corrected chi connectivity index (χ3v) is 1.87. The molecule has 0 unspecified atom stereocenters. The van der Waals surface area contributed by atoms with Crippen molar-refractivity contribution in [2.24, 2.45) is 5.41 Å². The van der Waals surface area contributed by atoms with Gasteiger partial charge in [-0.05, 0) is 31.3 Å². The molecule has 0 radical (unpaired) electrons. The lowest BCUT2D eigenvalue weighted by Gasteiger charge is -2.18. The molecule has 0 amide bonds. The first-order valence-corrected chi connectivity index (χ1v) is 4.98. The van der Waals surface area contributed by atoms with Gasteiger partial charge in [0.25, 0.3) is 0 Å². The van der Waals surface area contributed by atoms with Crippen LogP contribution >= 0.6 is 0 Å². The second-order valence-electron chi connectivity index (χ2n) is 4.78. The summed E-state index contributed by atoms with van der Waals surface area (Å²) in [5.41, 5.74) is 0.247. The summed E-state index contributed by atoms with van der Waals surface area (Å²) in [4.78, 5) is 0. The summed E-state index contributed by atoms with van der Waals surface area (Å²) in [5, 5.41) is 3.01. The molecule has 0 aromatic rings. The van der Waals surface area contributed by atoms with Crippen molar-refractivity contribution in [1.29, 1.82) is 0 Å². The van der Waals surface area contributed by atoms with Crippen molar-refractivity contribution in [3.63, 3.8) is 0 Å². The van der Waals surface area contributed by atoms with Gasteiger partial charge >= 0.3 is 6.18 Å². The second-order valence-corrected chi connectivity index (χ2v) is 4.78. The van der Waals surface area contributed by atoms with Crippen molar-refractivity contribution in [3.05, 3.63) is 0 Å². The van der Waals surface area contributed by atoms with Crippen LogP contribution in [-0.2, 0) is 0 Å². The minimum absolute atomic E-state index is 0.174. The maximum absolute atomic E-state index is 11.7. The number of alkyl halides is 3. The van der Waals surface area contributed by atoms with Gasteiger partial charge in [0.05, 0.1) is 0 Å². The van der Waals surface area contributed by atoms with Gasteiger partial charge in [-0.2, -0.15) is 13.2 Å². The van der Waals surface area contributed by atoms with E-state index in [9.17, 15) is 13.2 Å². The molecule has 0 aliphatic carbocycles. The normalized spacial score (nSPS) is 13.3. The van der Waals surface area contributed by atoms with Crippen molar-refractivity contribution >= 4 is 0 Å². The summed E-state index contributed by atoms with van der Waals surface area (Å²) in [6.07, 6.45) is -3.53. The number of halogens is 3. The molecular weight excluding hydrogens is 191 g/mol. The van der Waals surface area contributed by atoms with Gasteiger partial charge in [-0.1, -0.05) is 20.8 Å². The van der Waals surface area contributed by atoms with E-state index >= 15 is 0 Å². The van der Waals surface area contributed by atoms with Crippen LogP contribution in [0.4, 0.5) is 13.2 Å². The third-order valence-electron chi connectivity index (χ3n) is 1.87. The smallest absolute Gasteiger partial charge is 0.317 e. The average molecular weight is 211 g/mol. The van der Waals surface area contributed by atoms with Gasteiger partial charge in [-0.15, -0.1) is 0 Å². The molecule has 0 aromatic carbocycles. The fourth-order valence-corrected chi connectivity index (χ4v) is 1.00. The minimum Gasteiger partial charge on any atom is -0.317 e. The number of nitrogens with one attached hydrogen (secondary N) is 1. The molecule has 0 aliphatic rings. The van der Waals surface area contributed by atoms with E-state index in [0.29, 0.717) is 6.54 Å². The number of rotatable bonds is 5. The summed E-state index contributed by atoms with van der Waals surface area (Å²) >= 11 is 0. The zero-order valence-electron chi connectivity index (χ0n) is 9.17. The van der Waals surface area contributed by atoms with Crippen LogP contribution in [0.5, 0.6) is 0 Å². The molecule has 0 spiro atoms. The molecule has 0 saturated heterocycles. The van der Waals surface area contributed by atoms with Gasteiger partial charge in [-0.3, -0.25) is 0 Å². The minimum atomic E-state index is -4.01. The summed E-state index contributed by atoms with van der Waals surface area (Å²) in [6, 6.07) is 0. The largest absolute Gasteiger partial charge is 0.389 e. The first-order valence-electron chi connectivity index (χ1n) is 4.98. The van der Waals surface area contributed by atoms with Gasteiger partial charge in [0.2, 0.25) is 0 Å². The fraction of sp³-hybridized carbons (Fsp3) is 1.00. The average Bonchev–Trinajstić information content (AvgIpc) is 1.92. The van der Waals surface area contributed by atoms with Crippen LogP contribution in [0.25, 0.3) is 0 Å². The van der Waals surface area contributed by atoms with Crippen molar-refractivity contribution in [2.75, 3.05) is 13.1 Å². The Hall–Kier alpha value is -0.250. The van der Waals surface area contributed by atoms with Crippen molar-refractivity contribution in [1.82, 2.24) is 5.32 Å². The Balaban J connectivity index is 3.23. The van der Waals surface area contributed by atoms with E-state index in [0.717, 1.165) is 13.0 Å². The third kappa shape index (κ3) is 11.8. The molecule has 0 heterocycles. The number of hydrogen-bond donors (Lipinski definition) is 1.